The van der Waals surface area contributed by atoms with Gasteiger partial charge in [-0.2, -0.15) is 0 Å². The number of hydrogen-bond donors (Lipinski definition) is 1. The van der Waals surface area contributed by atoms with Crippen molar-refractivity contribution in [2.45, 2.75) is 13.5 Å². The molecule has 4 heteroatoms. The Morgan fingerprint density at radius 3 is 2.64 bits per heavy atom. The fraction of sp³-hybridized carbons (Fsp3) is 0.167. The Kier molecular flexibility index (Phi) is 3.90. The summed E-state index contributed by atoms with van der Waals surface area (Å²) >= 11 is 6.01. The monoisotopic (exact) mass is 312 g/mol. The third kappa shape index (κ3) is 2.72. The van der Waals surface area contributed by atoms with Crippen LogP contribution in [0.5, 0.6) is 0 Å². The summed E-state index contributed by atoms with van der Waals surface area (Å²) in [6, 6.07) is 15.6. The summed E-state index contributed by atoms with van der Waals surface area (Å²) in [6.07, 6.45) is 0. The van der Waals surface area contributed by atoms with E-state index in [4.69, 9.17) is 11.6 Å². The molecule has 2 aromatic carbocycles. The molecule has 22 heavy (non-hydrogen) atoms. The van der Waals surface area contributed by atoms with Crippen molar-refractivity contribution < 1.29 is 4.79 Å². The standard InChI is InChI=1S/C18H17ClN2O/c1-12-15-9-8-14(19)10-16(15)20-17(12)18(22)21(2)11-13-6-4-3-5-7-13/h3-10,20H,11H2,1-2H3. The normalized spacial score (nSPS) is 10.9. The molecule has 0 spiro atoms. The third-order valence-electron chi connectivity index (χ3n) is 3.84. The SMILES string of the molecule is Cc1c(C(=O)N(C)Cc2ccccc2)[nH]c2cc(Cl)ccc12. The smallest absolute Gasteiger partial charge is 0.270 e. The molecule has 1 heterocycles. The molecule has 0 radical (unpaired) electrons. The molecular formula is C18H17ClN2O. The van der Waals surface area contributed by atoms with Gasteiger partial charge in [0, 0.05) is 29.5 Å². The number of carbonyl (C=O) groups excluding carboxylic acids is 1. The Hall–Kier alpha value is -2.26. The first-order valence-electron chi connectivity index (χ1n) is 7.13. The number of nitrogens with zero attached hydrogens (tertiary/aromatic N) is 1. The van der Waals surface area contributed by atoms with Crippen molar-refractivity contribution in [3.05, 3.63) is 70.4 Å². The number of carbonyl (C=O) groups is 1. The van der Waals surface area contributed by atoms with Crippen LogP contribution in [0.3, 0.4) is 0 Å². The molecule has 0 fully saturated rings. The van der Waals surface area contributed by atoms with Crippen LogP contribution in [-0.2, 0) is 6.54 Å². The van der Waals surface area contributed by atoms with Crippen LogP contribution >= 0.6 is 11.6 Å². The predicted molar refractivity (Wildman–Crippen MR) is 90.3 cm³/mol. The van der Waals surface area contributed by atoms with Crippen molar-refractivity contribution in [1.82, 2.24) is 9.88 Å². The zero-order chi connectivity index (χ0) is 15.7. The van der Waals surface area contributed by atoms with Crippen molar-refractivity contribution in [3.8, 4) is 0 Å². The first kappa shape index (κ1) is 14.7. The van der Waals surface area contributed by atoms with Gasteiger partial charge in [0.15, 0.2) is 0 Å². The molecule has 1 N–H and O–H groups in total. The Bertz CT molecular complexity index is 824. The minimum atomic E-state index is -0.0197. The van der Waals surface area contributed by atoms with E-state index < -0.39 is 0 Å². The summed E-state index contributed by atoms with van der Waals surface area (Å²) in [5.41, 5.74) is 3.57. The first-order chi connectivity index (χ1) is 10.6. The quantitative estimate of drug-likeness (QED) is 0.764. The van der Waals surface area contributed by atoms with E-state index in [0.29, 0.717) is 17.3 Å². The van der Waals surface area contributed by atoms with Gasteiger partial charge >= 0.3 is 0 Å². The van der Waals surface area contributed by atoms with Crippen molar-refractivity contribution in [1.29, 1.82) is 0 Å². The summed E-state index contributed by atoms with van der Waals surface area (Å²) in [5, 5.41) is 1.69. The molecule has 3 aromatic rings. The lowest BCUT2D eigenvalue weighted by Gasteiger charge is -2.17. The van der Waals surface area contributed by atoms with Gasteiger partial charge in [-0.25, -0.2) is 0 Å². The molecule has 0 aliphatic heterocycles. The van der Waals surface area contributed by atoms with Crippen molar-refractivity contribution >= 4 is 28.4 Å². The lowest BCUT2D eigenvalue weighted by Crippen LogP contribution is -2.27. The zero-order valence-electron chi connectivity index (χ0n) is 12.6. The number of halogens is 1. The first-order valence-corrected chi connectivity index (χ1v) is 7.51. The maximum atomic E-state index is 12.7. The van der Waals surface area contributed by atoms with E-state index in [1.54, 1.807) is 4.90 Å². The number of H-pyrrole nitrogens is 1. The van der Waals surface area contributed by atoms with Crippen LogP contribution in [0.15, 0.2) is 48.5 Å². The van der Waals surface area contributed by atoms with Crippen molar-refractivity contribution in [2.24, 2.45) is 0 Å². The number of aryl methyl sites for hydroxylation is 1. The Labute approximate surface area is 134 Å². The van der Waals surface area contributed by atoms with Gasteiger partial charge in [-0.05, 0) is 30.2 Å². The molecule has 1 aromatic heterocycles. The van der Waals surface area contributed by atoms with E-state index in [-0.39, 0.29) is 5.91 Å². The molecule has 0 bridgehead atoms. The van der Waals surface area contributed by atoms with E-state index in [2.05, 4.69) is 4.98 Å². The fourth-order valence-corrected chi connectivity index (χ4v) is 2.82. The largest absolute Gasteiger partial charge is 0.350 e. The summed E-state index contributed by atoms with van der Waals surface area (Å²) in [7, 11) is 1.81. The van der Waals surface area contributed by atoms with Crippen LogP contribution in [0.1, 0.15) is 21.6 Å². The van der Waals surface area contributed by atoms with Gasteiger partial charge in [-0.3, -0.25) is 4.79 Å². The average molecular weight is 313 g/mol. The number of rotatable bonds is 3. The van der Waals surface area contributed by atoms with Crippen LogP contribution < -0.4 is 0 Å². The number of aromatic amines is 1. The summed E-state index contributed by atoms with van der Waals surface area (Å²) in [5.74, 6) is -0.0197. The summed E-state index contributed by atoms with van der Waals surface area (Å²) in [4.78, 5) is 17.6. The Morgan fingerprint density at radius 2 is 1.91 bits per heavy atom. The number of nitrogens with one attached hydrogen (secondary N) is 1. The molecule has 0 unspecified atom stereocenters. The minimum Gasteiger partial charge on any atom is -0.350 e. The molecule has 0 saturated heterocycles. The number of amides is 1. The van der Waals surface area contributed by atoms with E-state index in [0.717, 1.165) is 22.0 Å². The van der Waals surface area contributed by atoms with Crippen LogP contribution in [0.4, 0.5) is 0 Å². The second-order valence-electron chi connectivity index (χ2n) is 5.46. The van der Waals surface area contributed by atoms with Crippen molar-refractivity contribution in [3.63, 3.8) is 0 Å². The van der Waals surface area contributed by atoms with Gasteiger partial charge in [-0.1, -0.05) is 48.0 Å². The van der Waals surface area contributed by atoms with Gasteiger partial charge in [0.05, 0.1) is 0 Å². The fourth-order valence-electron chi connectivity index (χ4n) is 2.64. The van der Waals surface area contributed by atoms with Crippen molar-refractivity contribution in [2.75, 3.05) is 7.05 Å². The molecule has 0 atom stereocenters. The van der Waals surface area contributed by atoms with Gasteiger partial charge in [0.2, 0.25) is 0 Å². The highest BCUT2D eigenvalue weighted by Gasteiger charge is 2.18. The number of benzene rings is 2. The van der Waals surface area contributed by atoms with Gasteiger partial charge < -0.3 is 9.88 Å². The van der Waals surface area contributed by atoms with E-state index in [1.807, 2.05) is 62.5 Å². The Balaban J connectivity index is 1.90. The number of hydrogen-bond acceptors (Lipinski definition) is 1. The highest BCUT2D eigenvalue weighted by molar-refractivity contribution is 6.31. The highest BCUT2D eigenvalue weighted by Crippen LogP contribution is 2.25. The second kappa shape index (κ2) is 5.85. The number of aromatic nitrogens is 1. The second-order valence-corrected chi connectivity index (χ2v) is 5.90. The topological polar surface area (TPSA) is 36.1 Å². The minimum absolute atomic E-state index is 0.0197. The molecule has 1 amide bonds. The molecule has 3 nitrogen and oxygen atoms in total. The molecular weight excluding hydrogens is 296 g/mol. The molecule has 0 saturated carbocycles. The van der Waals surface area contributed by atoms with Crippen LogP contribution in [0.25, 0.3) is 10.9 Å². The van der Waals surface area contributed by atoms with Crippen LogP contribution in [0, 0.1) is 6.92 Å². The lowest BCUT2D eigenvalue weighted by molar-refractivity contribution is 0.0779. The summed E-state index contributed by atoms with van der Waals surface area (Å²) < 4.78 is 0. The van der Waals surface area contributed by atoms with Gasteiger partial charge in [-0.15, -0.1) is 0 Å². The highest BCUT2D eigenvalue weighted by atomic mass is 35.5. The summed E-state index contributed by atoms with van der Waals surface area (Å²) in [6.45, 7) is 2.53. The van der Waals surface area contributed by atoms with Crippen LogP contribution in [0.2, 0.25) is 5.02 Å². The lowest BCUT2D eigenvalue weighted by atomic mass is 10.1. The maximum absolute atomic E-state index is 12.7. The molecule has 3 rings (SSSR count). The van der Waals surface area contributed by atoms with E-state index in [1.165, 1.54) is 0 Å². The molecule has 112 valence electrons. The molecule has 0 aliphatic rings. The predicted octanol–water partition coefficient (Wildman–Crippen LogP) is 4.40. The molecule has 0 aliphatic carbocycles. The van der Waals surface area contributed by atoms with Gasteiger partial charge in [0.1, 0.15) is 5.69 Å². The van der Waals surface area contributed by atoms with Crippen LogP contribution in [-0.4, -0.2) is 22.8 Å². The third-order valence-corrected chi connectivity index (χ3v) is 4.08. The Morgan fingerprint density at radius 1 is 1.18 bits per heavy atom. The zero-order valence-corrected chi connectivity index (χ0v) is 13.3. The maximum Gasteiger partial charge on any atom is 0.270 e. The number of fused-ring (bicyclic) bond motifs is 1. The van der Waals surface area contributed by atoms with E-state index >= 15 is 0 Å². The van der Waals surface area contributed by atoms with Gasteiger partial charge in [0.25, 0.3) is 5.91 Å². The average Bonchev–Trinajstić information content (AvgIpc) is 2.83. The van der Waals surface area contributed by atoms with E-state index in [9.17, 15) is 4.79 Å².